The maximum Gasteiger partial charge on any atom is 0.124 e. The molecule has 1 aromatic carbocycles. The van der Waals surface area contributed by atoms with Crippen molar-refractivity contribution in [3.8, 4) is 5.75 Å². The van der Waals surface area contributed by atoms with E-state index in [0.29, 0.717) is 5.92 Å². The molecule has 0 radical (unpaired) electrons. The molecule has 0 saturated heterocycles. The fourth-order valence-electron chi connectivity index (χ4n) is 2.19. The average Bonchev–Trinajstić information content (AvgIpc) is 2.33. The van der Waals surface area contributed by atoms with E-state index in [2.05, 4.69) is 6.07 Å². The van der Waals surface area contributed by atoms with Gasteiger partial charge in [-0.1, -0.05) is 18.2 Å². The molecule has 1 aliphatic heterocycles. The molecule has 2 atom stereocenters. The summed E-state index contributed by atoms with van der Waals surface area (Å²) in [6.45, 7) is 1.52. The second-order valence-corrected chi connectivity index (χ2v) is 4.27. The molecule has 1 aliphatic rings. The van der Waals surface area contributed by atoms with Crippen LogP contribution in [0.1, 0.15) is 24.4 Å². The van der Waals surface area contributed by atoms with Crippen LogP contribution in [0.15, 0.2) is 24.3 Å². The maximum absolute atomic E-state index is 6.25. The molecule has 2 unspecified atom stereocenters. The second-order valence-electron chi connectivity index (χ2n) is 4.27. The molecule has 0 spiro atoms. The molecule has 0 aliphatic carbocycles. The zero-order valence-corrected chi connectivity index (χ0v) is 9.69. The topological polar surface area (TPSA) is 44.5 Å². The van der Waals surface area contributed by atoms with E-state index in [0.717, 1.165) is 37.4 Å². The third kappa shape index (κ3) is 2.36. The van der Waals surface area contributed by atoms with Crippen molar-refractivity contribution in [2.75, 3.05) is 20.3 Å². The van der Waals surface area contributed by atoms with Crippen LogP contribution in [0.3, 0.4) is 0 Å². The van der Waals surface area contributed by atoms with Crippen molar-refractivity contribution in [2.45, 2.75) is 18.9 Å². The molecule has 2 rings (SSSR count). The van der Waals surface area contributed by atoms with Gasteiger partial charge in [0.2, 0.25) is 0 Å². The quantitative estimate of drug-likeness (QED) is 0.792. The summed E-state index contributed by atoms with van der Waals surface area (Å²) in [5.41, 5.74) is 7.39. The lowest BCUT2D eigenvalue weighted by molar-refractivity contribution is 0.154. The average molecular weight is 221 g/mol. The first-order chi connectivity index (χ1) is 7.83. The molecule has 1 heterocycles. The van der Waals surface area contributed by atoms with Crippen LogP contribution in [0.4, 0.5) is 0 Å². The molecular weight excluding hydrogens is 202 g/mol. The van der Waals surface area contributed by atoms with Gasteiger partial charge in [0.15, 0.2) is 0 Å². The molecule has 0 bridgehead atoms. The molecule has 3 nitrogen and oxygen atoms in total. The van der Waals surface area contributed by atoms with E-state index in [9.17, 15) is 0 Å². The zero-order chi connectivity index (χ0) is 11.4. The predicted molar refractivity (Wildman–Crippen MR) is 63.5 cm³/mol. The Morgan fingerprint density at radius 2 is 2.25 bits per heavy atom. The Labute approximate surface area is 96.5 Å². The van der Waals surface area contributed by atoms with E-state index in [1.54, 1.807) is 7.11 Å². The number of fused-ring (bicyclic) bond motifs is 1. The second kappa shape index (κ2) is 5.32. The highest BCUT2D eigenvalue weighted by Crippen LogP contribution is 2.35. The van der Waals surface area contributed by atoms with Gasteiger partial charge < -0.3 is 15.2 Å². The summed E-state index contributed by atoms with van der Waals surface area (Å²) in [6, 6.07) is 8.14. The Morgan fingerprint density at radius 1 is 1.44 bits per heavy atom. The normalized spacial score (nSPS) is 23.6. The Bertz CT molecular complexity index is 340. The van der Waals surface area contributed by atoms with E-state index in [4.69, 9.17) is 15.2 Å². The molecule has 16 heavy (non-hydrogen) atoms. The Morgan fingerprint density at radius 3 is 3.06 bits per heavy atom. The van der Waals surface area contributed by atoms with Crippen LogP contribution >= 0.6 is 0 Å². The van der Waals surface area contributed by atoms with Gasteiger partial charge in [0.25, 0.3) is 0 Å². The third-order valence-corrected chi connectivity index (χ3v) is 3.16. The van der Waals surface area contributed by atoms with E-state index >= 15 is 0 Å². The first-order valence-corrected chi connectivity index (χ1v) is 5.79. The van der Waals surface area contributed by atoms with Crippen molar-refractivity contribution >= 4 is 0 Å². The van der Waals surface area contributed by atoms with Gasteiger partial charge in [-0.25, -0.2) is 0 Å². The number of ether oxygens (including phenoxy) is 2. The zero-order valence-electron chi connectivity index (χ0n) is 9.69. The molecule has 0 aromatic heterocycles. The van der Waals surface area contributed by atoms with Gasteiger partial charge in [0.05, 0.1) is 6.61 Å². The molecule has 1 aromatic rings. The van der Waals surface area contributed by atoms with Gasteiger partial charge >= 0.3 is 0 Å². The fourth-order valence-corrected chi connectivity index (χ4v) is 2.19. The number of para-hydroxylation sites is 1. The van der Waals surface area contributed by atoms with Gasteiger partial charge in [0, 0.05) is 31.2 Å². The Balaban J connectivity index is 2.00. The predicted octanol–water partition coefficient (Wildman–Crippen LogP) is 2.12. The van der Waals surface area contributed by atoms with Crippen LogP contribution in [0.25, 0.3) is 0 Å². The number of hydrogen-bond acceptors (Lipinski definition) is 3. The number of hydrogen-bond donors (Lipinski definition) is 1. The molecule has 3 heteroatoms. The van der Waals surface area contributed by atoms with Crippen molar-refractivity contribution in [2.24, 2.45) is 11.7 Å². The lowest BCUT2D eigenvalue weighted by atomic mass is 9.88. The van der Waals surface area contributed by atoms with Crippen LogP contribution in [0, 0.1) is 5.92 Å². The van der Waals surface area contributed by atoms with Crippen LogP contribution < -0.4 is 10.5 Å². The number of benzene rings is 1. The summed E-state index contributed by atoms with van der Waals surface area (Å²) < 4.78 is 10.8. The summed E-state index contributed by atoms with van der Waals surface area (Å²) in [6.07, 6.45) is 2.10. The van der Waals surface area contributed by atoms with Gasteiger partial charge in [-0.05, 0) is 18.9 Å². The minimum atomic E-state index is 0.0989. The minimum Gasteiger partial charge on any atom is -0.493 e. The summed E-state index contributed by atoms with van der Waals surface area (Å²) in [4.78, 5) is 0. The first kappa shape index (κ1) is 11.4. The third-order valence-electron chi connectivity index (χ3n) is 3.16. The van der Waals surface area contributed by atoms with Crippen molar-refractivity contribution in [1.29, 1.82) is 0 Å². The highest BCUT2D eigenvalue weighted by molar-refractivity contribution is 5.37. The molecule has 0 saturated carbocycles. The maximum atomic E-state index is 6.25. The molecule has 88 valence electrons. The SMILES string of the molecule is COCCCC1COc2ccccc2C1N. The lowest BCUT2D eigenvalue weighted by Crippen LogP contribution is -2.31. The Kier molecular flexibility index (Phi) is 3.80. The van der Waals surface area contributed by atoms with Crippen LogP contribution in [0.2, 0.25) is 0 Å². The first-order valence-electron chi connectivity index (χ1n) is 5.79. The van der Waals surface area contributed by atoms with Gasteiger partial charge in [-0.3, -0.25) is 0 Å². The lowest BCUT2D eigenvalue weighted by Gasteiger charge is -2.31. The summed E-state index contributed by atoms with van der Waals surface area (Å²) in [5, 5.41) is 0. The van der Waals surface area contributed by atoms with Crippen LogP contribution in [-0.4, -0.2) is 20.3 Å². The van der Waals surface area contributed by atoms with E-state index in [1.165, 1.54) is 0 Å². The van der Waals surface area contributed by atoms with E-state index in [1.807, 2.05) is 18.2 Å². The van der Waals surface area contributed by atoms with Gasteiger partial charge in [-0.15, -0.1) is 0 Å². The smallest absolute Gasteiger partial charge is 0.124 e. The highest BCUT2D eigenvalue weighted by atomic mass is 16.5. The van der Waals surface area contributed by atoms with Crippen molar-refractivity contribution < 1.29 is 9.47 Å². The van der Waals surface area contributed by atoms with Gasteiger partial charge in [-0.2, -0.15) is 0 Å². The van der Waals surface area contributed by atoms with Gasteiger partial charge in [0.1, 0.15) is 5.75 Å². The van der Waals surface area contributed by atoms with E-state index < -0.39 is 0 Å². The summed E-state index contributed by atoms with van der Waals surface area (Å²) in [5.74, 6) is 1.35. The Hall–Kier alpha value is -1.06. The van der Waals surface area contributed by atoms with Crippen molar-refractivity contribution in [3.05, 3.63) is 29.8 Å². The highest BCUT2D eigenvalue weighted by Gasteiger charge is 2.27. The molecule has 2 N–H and O–H groups in total. The molecule has 0 amide bonds. The minimum absolute atomic E-state index is 0.0989. The molecular formula is C13H19NO2. The van der Waals surface area contributed by atoms with Crippen molar-refractivity contribution in [3.63, 3.8) is 0 Å². The van der Waals surface area contributed by atoms with Crippen LogP contribution in [-0.2, 0) is 4.74 Å². The number of methoxy groups -OCH3 is 1. The standard InChI is InChI=1S/C13H19NO2/c1-15-8-4-5-10-9-16-12-7-3-2-6-11(12)13(10)14/h2-3,6-7,10,13H,4-5,8-9,14H2,1H3. The fraction of sp³-hybridized carbons (Fsp3) is 0.538. The summed E-state index contributed by atoms with van der Waals surface area (Å²) >= 11 is 0. The molecule has 0 fully saturated rings. The monoisotopic (exact) mass is 221 g/mol. The largest absolute Gasteiger partial charge is 0.493 e. The van der Waals surface area contributed by atoms with Crippen molar-refractivity contribution in [1.82, 2.24) is 0 Å². The number of rotatable bonds is 4. The number of nitrogens with two attached hydrogens (primary N) is 1. The van der Waals surface area contributed by atoms with E-state index in [-0.39, 0.29) is 6.04 Å². The van der Waals surface area contributed by atoms with Crippen LogP contribution in [0.5, 0.6) is 5.75 Å². The summed E-state index contributed by atoms with van der Waals surface area (Å²) in [7, 11) is 1.73.